The highest BCUT2D eigenvalue weighted by atomic mass is 16.3. The van der Waals surface area contributed by atoms with E-state index in [1.54, 1.807) is 0 Å². The van der Waals surface area contributed by atoms with E-state index in [9.17, 15) is 0 Å². The molecule has 3 nitrogen and oxygen atoms in total. The Balaban J connectivity index is 1.01. The van der Waals surface area contributed by atoms with Gasteiger partial charge < -0.3 is 4.42 Å². The summed E-state index contributed by atoms with van der Waals surface area (Å²) in [5.74, 6) is 1.28. The van der Waals surface area contributed by atoms with Gasteiger partial charge in [-0.2, -0.15) is 0 Å². The molecule has 0 aliphatic heterocycles. The van der Waals surface area contributed by atoms with Crippen LogP contribution in [0.2, 0.25) is 0 Å². The van der Waals surface area contributed by atoms with Crippen LogP contribution in [-0.4, -0.2) is 9.55 Å². The number of hydrogen-bond acceptors (Lipinski definition) is 2. The van der Waals surface area contributed by atoms with E-state index in [4.69, 9.17) is 9.40 Å². The van der Waals surface area contributed by atoms with Crippen molar-refractivity contribution < 1.29 is 4.42 Å². The first-order valence-electron chi connectivity index (χ1n) is 19.1. The van der Waals surface area contributed by atoms with Crippen LogP contribution in [0.15, 0.2) is 192 Å². The third-order valence-electron chi connectivity index (χ3n) is 11.5. The summed E-state index contributed by atoms with van der Waals surface area (Å²) in [5, 5.41) is 2.25. The molecule has 0 spiro atoms. The molecule has 1 atom stereocenters. The van der Waals surface area contributed by atoms with Gasteiger partial charge in [0.05, 0.1) is 11.0 Å². The van der Waals surface area contributed by atoms with Crippen molar-refractivity contribution in [1.82, 2.24) is 9.55 Å². The fourth-order valence-corrected chi connectivity index (χ4v) is 8.86. The maximum absolute atomic E-state index is 6.50. The molecule has 2 aromatic heterocycles. The molecule has 1 aliphatic rings. The van der Waals surface area contributed by atoms with E-state index >= 15 is 0 Å². The molecule has 8 aromatic carbocycles. The average molecular weight is 705 g/mol. The molecule has 0 N–H and O–H groups in total. The number of aromatic nitrogens is 2. The van der Waals surface area contributed by atoms with Crippen molar-refractivity contribution in [3.8, 4) is 50.5 Å². The molecular formula is C52H36N2O. The first-order chi connectivity index (χ1) is 27.3. The van der Waals surface area contributed by atoms with Gasteiger partial charge in [-0.25, -0.2) is 4.98 Å². The van der Waals surface area contributed by atoms with E-state index in [2.05, 4.69) is 187 Å². The van der Waals surface area contributed by atoms with Crippen LogP contribution in [0.25, 0.3) is 83.4 Å². The van der Waals surface area contributed by atoms with Crippen molar-refractivity contribution >= 4 is 33.0 Å². The summed E-state index contributed by atoms with van der Waals surface area (Å²) in [6.07, 6.45) is 2.15. The van der Waals surface area contributed by atoms with Gasteiger partial charge >= 0.3 is 0 Å². The van der Waals surface area contributed by atoms with E-state index < -0.39 is 0 Å². The van der Waals surface area contributed by atoms with Gasteiger partial charge in [0, 0.05) is 27.9 Å². The molecule has 3 heteroatoms. The molecule has 0 bridgehead atoms. The zero-order chi connectivity index (χ0) is 36.3. The fraction of sp³-hybridized carbons (Fsp3) is 0.0577. The van der Waals surface area contributed by atoms with Crippen LogP contribution in [0.3, 0.4) is 0 Å². The van der Waals surface area contributed by atoms with Crippen LogP contribution in [0.5, 0.6) is 0 Å². The van der Waals surface area contributed by atoms with Crippen LogP contribution < -0.4 is 0 Å². The highest BCUT2D eigenvalue weighted by Crippen LogP contribution is 2.44. The minimum absolute atomic E-state index is 0.351. The maximum atomic E-state index is 6.50. The highest BCUT2D eigenvalue weighted by molar-refractivity contribution is 6.13. The second kappa shape index (κ2) is 12.9. The van der Waals surface area contributed by atoms with Crippen molar-refractivity contribution in [2.24, 2.45) is 0 Å². The van der Waals surface area contributed by atoms with E-state index in [1.807, 2.05) is 6.07 Å². The largest absolute Gasteiger partial charge is 0.456 e. The number of imidazole rings is 1. The van der Waals surface area contributed by atoms with Crippen LogP contribution >= 0.6 is 0 Å². The first-order valence-corrected chi connectivity index (χ1v) is 19.1. The van der Waals surface area contributed by atoms with Crippen molar-refractivity contribution in [3.63, 3.8) is 0 Å². The smallest absolute Gasteiger partial charge is 0.145 e. The predicted octanol–water partition coefficient (Wildman–Crippen LogP) is 13.7. The van der Waals surface area contributed by atoms with Gasteiger partial charge in [-0.05, 0) is 111 Å². The lowest BCUT2D eigenvalue weighted by Crippen LogP contribution is -2.02. The summed E-state index contributed by atoms with van der Waals surface area (Å²) in [5.41, 5.74) is 17.6. The first kappa shape index (κ1) is 31.5. The average Bonchev–Trinajstić information content (AvgIpc) is 3.78. The Morgan fingerprint density at radius 3 is 2.07 bits per heavy atom. The lowest BCUT2D eigenvalue weighted by atomic mass is 9.84. The van der Waals surface area contributed by atoms with Crippen molar-refractivity contribution in [3.05, 3.63) is 205 Å². The van der Waals surface area contributed by atoms with Gasteiger partial charge in [0.2, 0.25) is 0 Å². The molecule has 1 unspecified atom stereocenters. The Labute approximate surface area is 319 Å². The predicted molar refractivity (Wildman–Crippen MR) is 227 cm³/mol. The summed E-state index contributed by atoms with van der Waals surface area (Å²) in [7, 11) is 0. The van der Waals surface area contributed by atoms with E-state index in [1.165, 1.54) is 38.9 Å². The number of furan rings is 1. The molecule has 2 heterocycles. The maximum Gasteiger partial charge on any atom is 0.145 e. The topological polar surface area (TPSA) is 31.0 Å². The van der Waals surface area contributed by atoms with Crippen LogP contribution in [0.1, 0.15) is 29.0 Å². The molecule has 1 aliphatic carbocycles. The van der Waals surface area contributed by atoms with Crippen molar-refractivity contribution in [1.29, 1.82) is 0 Å². The standard InChI is InChI=1S/C52H36N2O/c1-3-12-34(13-4-1)42-29-26-35-14-7-8-17-41(35)45-32-38(27-30-44(42)45)39-28-31-49-46(33-39)51-43(18-11-21-50(51)55-49)36-22-24-37(25-23-36)52-53-47-19-9-10-20-48(47)54(52)40-15-5-2-6-16-40/h1-25,27-28,30-33,42H,26,29H2. The van der Waals surface area contributed by atoms with E-state index in [-0.39, 0.29) is 0 Å². The third kappa shape index (κ3) is 5.31. The normalized spacial score (nSPS) is 13.9. The Hall–Kier alpha value is -6.97. The summed E-state index contributed by atoms with van der Waals surface area (Å²) in [4.78, 5) is 5.09. The molecule has 0 saturated heterocycles. The van der Waals surface area contributed by atoms with Gasteiger partial charge in [0.25, 0.3) is 0 Å². The number of nitrogens with zero attached hydrogens (tertiary/aromatic N) is 2. The van der Waals surface area contributed by atoms with Crippen LogP contribution in [-0.2, 0) is 6.42 Å². The number of benzene rings is 8. The summed E-state index contributed by atoms with van der Waals surface area (Å²) >= 11 is 0. The molecule has 0 saturated carbocycles. The summed E-state index contributed by atoms with van der Waals surface area (Å²) < 4.78 is 8.75. The Bertz CT molecular complexity index is 3030. The summed E-state index contributed by atoms with van der Waals surface area (Å²) in [6.45, 7) is 0. The van der Waals surface area contributed by atoms with Crippen molar-refractivity contribution in [2.45, 2.75) is 18.8 Å². The molecule has 260 valence electrons. The lowest BCUT2D eigenvalue weighted by molar-refractivity contribution is 0.669. The molecule has 11 rings (SSSR count). The molecular weight excluding hydrogens is 669 g/mol. The number of aryl methyl sites for hydroxylation is 1. The van der Waals surface area contributed by atoms with Crippen LogP contribution in [0, 0.1) is 0 Å². The second-order valence-corrected chi connectivity index (χ2v) is 14.6. The highest BCUT2D eigenvalue weighted by Gasteiger charge is 2.24. The number of fused-ring (bicyclic) bond motifs is 7. The monoisotopic (exact) mass is 704 g/mol. The zero-order valence-corrected chi connectivity index (χ0v) is 30.2. The number of para-hydroxylation sites is 3. The van der Waals surface area contributed by atoms with Crippen LogP contribution in [0.4, 0.5) is 0 Å². The van der Waals surface area contributed by atoms with Crippen molar-refractivity contribution in [2.75, 3.05) is 0 Å². The fourth-order valence-electron chi connectivity index (χ4n) is 8.86. The number of hydrogen-bond donors (Lipinski definition) is 0. The van der Waals surface area contributed by atoms with Gasteiger partial charge in [-0.3, -0.25) is 4.57 Å². The minimum atomic E-state index is 0.351. The Kier molecular flexibility index (Phi) is 7.38. The van der Waals surface area contributed by atoms with E-state index in [0.29, 0.717) is 5.92 Å². The molecule has 0 amide bonds. The third-order valence-corrected chi connectivity index (χ3v) is 11.5. The Morgan fingerprint density at radius 2 is 1.20 bits per heavy atom. The van der Waals surface area contributed by atoms with E-state index in [0.717, 1.165) is 74.0 Å². The Morgan fingerprint density at radius 1 is 0.509 bits per heavy atom. The van der Waals surface area contributed by atoms with Gasteiger partial charge in [-0.15, -0.1) is 0 Å². The summed E-state index contributed by atoms with van der Waals surface area (Å²) in [6, 6.07) is 67.7. The zero-order valence-electron chi connectivity index (χ0n) is 30.2. The molecule has 0 fully saturated rings. The van der Waals surface area contributed by atoms with Gasteiger partial charge in [-0.1, -0.05) is 140 Å². The van der Waals surface area contributed by atoms with Gasteiger partial charge in [0.15, 0.2) is 0 Å². The lowest BCUT2D eigenvalue weighted by Gasteiger charge is -2.19. The molecule has 55 heavy (non-hydrogen) atoms. The second-order valence-electron chi connectivity index (χ2n) is 14.6. The molecule has 10 aromatic rings. The molecule has 0 radical (unpaired) electrons. The minimum Gasteiger partial charge on any atom is -0.456 e. The van der Waals surface area contributed by atoms with Gasteiger partial charge in [0.1, 0.15) is 17.0 Å². The SMILES string of the molecule is c1ccc(C2CCc3ccccc3-c3cc(-c4ccc5oc6cccc(-c7ccc(-c8nc9ccccc9n8-c8ccccc8)cc7)c6c5c4)ccc32)cc1. The quantitative estimate of drug-likeness (QED) is 0.179. The number of rotatable bonds is 5.